The average molecular weight is 403 g/mol. The summed E-state index contributed by atoms with van der Waals surface area (Å²) in [5.74, 6) is -0.0273. The van der Waals surface area contributed by atoms with Gasteiger partial charge in [-0.1, -0.05) is 0 Å². The number of amides is 2. The Labute approximate surface area is 163 Å². The van der Waals surface area contributed by atoms with Crippen molar-refractivity contribution in [2.24, 2.45) is 0 Å². The summed E-state index contributed by atoms with van der Waals surface area (Å²) in [5.41, 5.74) is 1.64. The van der Waals surface area contributed by atoms with Gasteiger partial charge in [0.15, 0.2) is 5.76 Å². The van der Waals surface area contributed by atoms with E-state index in [2.05, 4.69) is 0 Å². The highest BCUT2D eigenvalue weighted by Gasteiger charge is 2.32. The Balaban J connectivity index is 1.48. The van der Waals surface area contributed by atoms with Crippen LogP contribution in [-0.2, 0) is 21.2 Å². The number of piperazine rings is 1. The van der Waals surface area contributed by atoms with Crippen LogP contribution in [0.15, 0.2) is 45.9 Å². The summed E-state index contributed by atoms with van der Waals surface area (Å²) in [6, 6.07) is 8.16. The Morgan fingerprint density at radius 3 is 2.43 bits per heavy atom. The summed E-state index contributed by atoms with van der Waals surface area (Å²) in [6.45, 7) is 3.14. The van der Waals surface area contributed by atoms with E-state index in [0.29, 0.717) is 26.1 Å². The van der Waals surface area contributed by atoms with E-state index in [0.717, 1.165) is 11.3 Å². The van der Waals surface area contributed by atoms with Crippen LogP contribution in [-0.4, -0.2) is 62.2 Å². The largest absolute Gasteiger partial charge is 0.459 e. The number of carbonyl (C=O) groups excluding carboxylic acids is 2. The van der Waals surface area contributed by atoms with E-state index in [-0.39, 0.29) is 35.6 Å². The molecule has 1 aromatic carbocycles. The topological polar surface area (TPSA) is 91.1 Å². The highest BCUT2D eigenvalue weighted by Crippen LogP contribution is 2.31. The van der Waals surface area contributed by atoms with Gasteiger partial charge in [0.1, 0.15) is 0 Å². The second-order valence-electron chi connectivity index (χ2n) is 6.88. The molecular formula is C19H21N3O5S. The summed E-state index contributed by atoms with van der Waals surface area (Å²) in [5, 5.41) is 0. The van der Waals surface area contributed by atoms with Gasteiger partial charge in [-0.15, -0.1) is 0 Å². The van der Waals surface area contributed by atoms with Gasteiger partial charge in [-0.05, 0) is 42.3 Å². The van der Waals surface area contributed by atoms with Crippen molar-refractivity contribution in [3.63, 3.8) is 0 Å². The Kier molecular flexibility index (Phi) is 4.72. The van der Waals surface area contributed by atoms with E-state index in [1.54, 1.807) is 40.1 Å². The van der Waals surface area contributed by atoms with Crippen LogP contribution < -0.4 is 4.90 Å². The van der Waals surface area contributed by atoms with Crippen molar-refractivity contribution >= 4 is 27.5 Å². The zero-order valence-corrected chi connectivity index (χ0v) is 16.3. The smallest absolute Gasteiger partial charge is 0.289 e. The van der Waals surface area contributed by atoms with Crippen LogP contribution in [0.25, 0.3) is 0 Å². The molecule has 1 aromatic heterocycles. The van der Waals surface area contributed by atoms with Crippen molar-refractivity contribution in [1.29, 1.82) is 0 Å². The number of fused-ring (bicyclic) bond motifs is 1. The molecule has 0 N–H and O–H groups in total. The number of furan rings is 1. The number of benzene rings is 1. The molecule has 28 heavy (non-hydrogen) atoms. The maximum Gasteiger partial charge on any atom is 0.289 e. The number of hydrogen-bond acceptors (Lipinski definition) is 5. The number of nitrogens with zero attached hydrogens (tertiary/aromatic N) is 3. The van der Waals surface area contributed by atoms with Crippen LogP contribution in [0.4, 0.5) is 5.69 Å². The number of anilines is 1. The third-order valence-corrected chi connectivity index (χ3v) is 7.12. The quantitative estimate of drug-likeness (QED) is 0.771. The highest BCUT2D eigenvalue weighted by molar-refractivity contribution is 7.89. The molecule has 0 bridgehead atoms. The van der Waals surface area contributed by atoms with E-state index in [1.165, 1.54) is 17.5 Å². The Bertz CT molecular complexity index is 1010. The first-order valence-electron chi connectivity index (χ1n) is 9.12. The van der Waals surface area contributed by atoms with E-state index in [1.807, 2.05) is 0 Å². The van der Waals surface area contributed by atoms with Gasteiger partial charge in [-0.3, -0.25) is 9.59 Å². The van der Waals surface area contributed by atoms with Crippen molar-refractivity contribution in [3.05, 3.63) is 47.9 Å². The fourth-order valence-corrected chi connectivity index (χ4v) is 5.18. The maximum atomic E-state index is 13.0. The molecule has 2 aromatic rings. The molecule has 4 rings (SSSR count). The number of rotatable bonds is 3. The Morgan fingerprint density at radius 1 is 1.04 bits per heavy atom. The molecule has 2 amide bonds. The van der Waals surface area contributed by atoms with Crippen molar-refractivity contribution in [2.75, 3.05) is 37.6 Å². The maximum absolute atomic E-state index is 13.0. The minimum absolute atomic E-state index is 0.0493. The van der Waals surface area contributed by atoms with Gasteiger partial charge in [0.25, 0.3) is 5.91 Å². The van der Waals surface area contributed by atoms with E-state index in [4.69, 9.17) is 4.42 Å². The van der Waals surface area contributed by atoms with Crippen LogP contribution in [0, 0.1) is 0 Å². The molecule has 0 unspecified atom stereocenters. The zero-order chi connectivity index (χ0) is 19.9. The van der Waals surface area contributed by atoms with Gasteiger partial charge < -0.3 is 14.2 Å². The molecule has 8 nitrogen and oxygen atoms in total. The second kappa shape index (κ2) is 7.06. The number of hydrogen-bond donors (Lipinski definition) is 0. The molecule has 0 radical (unpaired) electrons. The fourth-order valence-electron chi connectivity index (χ4n) is 3.70. The molecule has 1 fully saturated rings. The summed E-state index contributed by atoms with van der Waals surface area (Å²) < 4.78 is 32.6. The van der Waals surface area contributed by atoms with Crippen molar-refractivity contribution < 1.29 is 22.4 Å². The molecule has 1 saturated heterocycles. The molecule has 0 atom stereocenters. The lowest BCUT2D eigenvalue weighted by Crippen LogP contribution is -2.50. The first kappa shape index (κ1) is 18.7. The van der Waals surface area contributed by atoms with Crippen LogP contribution in [0.2, 0.25) is 0 Å². The fraction of sp³-hybridized carbons (Fsp3) is 0.368. The SMILES string of the molecule is CC(=O)N1CCc2cc(S(=O)(=O)N3CCN(C(=O)c4ccco4)CC3)ccc21. The van der Waals surface area contributed by atoms with Gasteiger partial charge in [0.2, 0.25) is 15.9 Å². The zero-order valence-electron chi connectivity index (χ0n) is 15.5. The summed E-state index contributed by atoms with van der Waals surface area (Å²) in [7, 11) is -3.66. The van der Waals surface area contributed by atoms with Crippen LogP contribution >= 0.6 is 0 Å². The molecule has 2 aliphatic heterocycles. The van der Waals surface area contributed by atoms with Crippen LogP contribution in [0.5, 0.6) is 0 Å². The predicted molar refractivity (Wildman–Crippen MR) is 102 cm³/mol. The van der Waals surface area contributed by atoms with Gasteiger partial charge in [-0.25, -0.2) is 8.42 Å². The van der Waals surface area contributed by atoms with Crippen molar-refractivity contribution in [2.45, 2.75) is 18.2 Å². The minimum Gasteiger partial charge on any atom is -0.459 e. The Morgan fingerprint density at radius 2 is 1.79 bits per heavy atom. The van der Waals surface area contributed by atoms with Gasteiger partial charge >= 0.3 is 0 Å². The lowest BCUT2D eigenvalue weighted by molar-refractivity contribution is -0.116. The molecule has 0 saturated carbocycles. The third kappa shape index (κ3) is 3.20. The predicted octanol–water partition coefficient (Wildman–Crippen LogP) is 1.34. The highest BCUT2D eigenvalue weighted by atomic mass is 32.2. The van der Waals surface area contributed by atoms with Crippen LogP contribution in [0.3, 0.4) is 0 Å². The standard InChI is InChI=1S/C19H21N3O5S/c1-14(23)22-7-6-15-13-16(4-5-17(15)22)28(25,26)21-10-8-20(9-11-21)19(24)18-3-2-12-27-18/h2-5,12-13H,6-11H2,1H3. The first-order chi connectivity index (χ1) is 13.4. The van der Waals surface area contributed by atoms with Gasteiger partial charge in [0.05, 0.1) is 11.2 Å². The number of sulfonamides is 1. The van der Waals surface area contributed by atoms with Crippen LogP contribution in [0.1, 0.15) is 23.0 Å². The molecule has 2 aliphatic rings. The lowest BCUT2D eigenvalue weighted by atomic mass is 10.2. The molecular weight excluding hydrogens is 382 g/mol. The summed E-state index contributed by atoms with van der Waals surface area (Å²) in [4.78, 5) is 27.5. The van der Waals surface area contributed by atoms with Gasteiger partial charge in [-0.2, -0.15) is 4.31 Å². The summed E-state index contributed by atoms with van der Waals surface area (Å²) in [6.07, 6.45) is 2.08. The molecule has 0 aliphatic carbocycles. The normalized spacial score (nSPS) is 17.6. The summed E-state index contributed by atoms with van der Waals surface area (Å²) >= 11 is 0. The van der Waals surface area contributed by atoms with Crippen molar-refractivity contribution in [3.8, 4) is 0 Å². The monoisotopic (exact) mass is 403 g/mol. The first-order valence-corrected chi connectivity index (χ1v) is 10.6. The molecule has 3 heterocycles. The molecule has 148 valence electrons. The minimum atomic E-state index is -3.66. The molecule has 9 heteroatoms. The van der Waals surface area contributed by atoms with Crippen molar-refractivity contribution in [1.82, 2.24) is 9.21 Å². The van der Waals surface area contributed by atoms with Gasteiger partial charge in [0, 0.05) is 45.3 Å². The average Bonchev–Trinajstić information content (AvgIpc) is 3.36. The number of carbonyl (C=O) groups is 2. The lowest BCUT2D eigenvalue weighted by Gasteiger charge is -2.33. The van der Waals surface area contributed by atoms with E-state index < -0.39 is 10.0 Å². The Hall–Kier alpha value is -2.65. The van der Waals surface area contributed by atoms with E-state index in [9.17, 15) is 18.0 Å². The molecule has 0 spiro atoms. The van der Waals surface area contributed by atoms with E-state index >= 15 is 0 Å². The second-order valence-corrected chi connectivity index (χ2v) is 8.82. The third-order valence-electron chi connectivity index (χ3n) is 5.22.